The Kier molecular flexibility index (Phi) is 2.71. The number of benzene rings is 2. The van der Waals surface area contributed by atoms with Crippen molar-refractivity contribution in [3.63, 3.8) is 0 Å². The molecule has 0 spiro atoms. The summed E-state index contributed by atoms with van der Waals surface area (Å²) in [5.41, 5.74) is 1.58. The fourth-order valence-corrected chi connectivity index (χ4v) is 2.55. The summed E-state index contributed by atoms with van der Waals surface area (Å²) in [4.78, 5) is 19.6. The van der Waals surface area contributed by atoms with Crippen LogP contribution in [0.25, 0.3) is 33.4 Å². The van der Waals surface area contributed by atoms with Gasteiger partial charge in [0.05, 0.1) is 11.0 Å². The normalized spacial score (nSPS) is 11.3. The van der Waals surface area contributed by atoms with E-state index < -0.39 is 5.63 Å². The van der Waals surface area contributed by atoms with E-state index in [1.165, 1.54) is 12.1 Å². The number of nitrogens with one attached hydrogen (secondary N) is 1. The molecule has 108 valence electrons. The summed E-state index contributed by atoms with van der Waals surface area (Å²) in [7, 11) is 0. The molecule has 0 aliphatic carbocycles. The summed E-state index contributed by atoms with van der Waals surface area (Å²) in [5, 5.41) is 10.7. The zero-order valence-electron chi connectivity index (χ0n) is 11.1. The van der Waals surface area contributed by atoms with E-state index >= 15 is 0 Å². The Hall–Kier alpha value is -2.79. The number of aromatic amines is 1. The molecule has 0 amide bonds. The SMILES string of the molecule is O=c1oc2cc(O)ccc2cc1-c1nc2ccc(Cl)cc2[nH]1. The van der Waals surface area contributed by atoms with Crippen molar-refractivity contribution in [1.29, 1.82) is 0 Å². The van der Waals surface area contributed by atoms with Gasteiger partial charge in [0.2, 0.25) is 0 Å². The average molecular weight is 313 g/mol. The number of hydrogen-bond acceptors (Lipinski definition) is 4. The van der Waals surface area contributed by atoms with Gasteiger partial charge in [-0.05, 0) is 36.4 Å². The van der Waals surface area contributed by atoms with Crippen LogP contribution >= 0.6 is 11.6 Å². The lowest BCUT2D eigenvalue weighted by atomic mass is 10.2. The predicted molar refractivity (Wildman–Crippen MR) is 84.2 cm³/mol. The van der Waals surface area contributed by atoms with Gasteiger partial charge >= 0.3 is 5.63 Å². The molecular weight excluding hydrogens is 304 g/mol. The van der Waals surface area contributed by atoms with Crippen molar-refractivity contribution in [1.82, 2.24) is 9.97 Å². The minimum atomic E-state index is -0.525. The highest BCUT2D eigenvalue weighted by atomic mass is 35.5. The van der Waals surface area contributed by atoms with E-state index in [1.54, 1.807) is 30.3 Å². The van der Waals surface area contributed by atoms with Gasteiger partial charge < -0.3 is 14.5 Å². The molecule has 2 N–H and O–H groups in total. The van der Waals surface area contributed by atoms with E-state index in [0.29, 0.717) is 32.9 Å². The minimum absolute atomic E-state index is 0.0433. The molecule has 22 heavy (non-hydrogen) atoms. The molecule has 0 saturated heterocycles. The highest BCUT2D eigenvalue weighted by Gasteiger charge is 2.12. The van der Waals surface area contributed by atoms with Gasteiger partial charge in [0.1, 0.15) is 22.7 Å². The quantitative estimate of drug-likeness (QED) is 0.525. The summed E-state index contributed by atoms with van der Waals surface area (Å²) in [6.07, 6.45) is 0. The first-order valence-corrected chi connectivity index (χ1v) is 6.90. The maximum absolute atomic E-state index is 12.2. The lowest BCUT2D eigenvalue weighted by Crippen LogP contribution is -2.03. The Morgan fingerprint density at radius 1 is 1.14 bits per heavy atom. The summed E-state index contributed by atoms with van der Waals surface area (Å²) >= 11 is 5.95. The molecule has 0 aliphatic heterocycles. The number of imidazole rings is 1. The molecule has 0 aliphatic rings. The third-order valence-electron chi connectivity index (χ3n) is 3.42. The van der Waals surface area contributed by atoms with E-state index in [4.69, 9.17) is 16.0 Å². The van der Waals surface area contributed by atoms with Crippen molar-refractivity contribution < 1.29 is 9.52 Å². The van der Waals surface area contributed by atoms with E-state index in [2.05, 4.69) is 9.97 Å². The van der Waals surface area contributed by atoms with Gasteiger partial charge in [0.15, 0.2) is 0 Å². The second kappa shape index (κ2) is 4.61. The van der Waals surface area contributed by atoms with Crippen molar-refractivity contribution in [2.75, 3.05) is 0 Å². The van der Waals surface area contributed by atoms with Crippen LogP contribution in [-0.4, -0.2) is 15.1 Å². The van der Waals surface area contributed by atoms with Crippen LogP contribution in [0.1, 0.15) is 0 Å². The molecular formula is C16H9ClN2O3. The van der Waals surface area contributed by atoms with E-state index in [-0.39, 0.29) is 5.75 Å². The molecule has 0 saturated carbocycles. The van der Waals surface area contributed by atoms with Crippen molar-refractivity contribution >= 4 is 33.6 Å². The second-order valence-electron chi connectivity index (χ2n) is 4.92. The molecule has 2 heterocycles. The fraction of sp³-hybridized carbons (Fsp3) is 0. The summed E-state index contributed by atoms with van der Waals surface area (Å²) in [6.45, 7) is 0. The maximum Gasteiger partial charge on any atom is 0.347 e. The van der Waals surface area contributed by atoms with Crippen LogP contribution in [0.2, 0.25) is 5.02 Å². The zero-order chi connectivity index (χ0) is 15.3. The van der Waals surface area contributed by atoms with Crippen LogP contribution in [0.4, 0.5) is 0 Å². The van der Waals surface area contributed by atoms with E-state index in [0.717, 1.165) is 5.52 Å². The van der Waals surface area contributed by atoms with Gasteiger partial charge in [0.25, 0.3) is 0 Å². The Morgan fingerprint density at radius 3 is 2.86 bits per heavy atom. The number of phenolic OH excluding ortho intramolecular Hbond substituents is 1. The number of nitrogens with zero attached hydrogens (tertiary/aromatic N) is 1. The predicted octanol–water partition coefficient (Wildman–Crippen LogP) is 3.70. The highest BCUT2D eigenvalue weighted by molar-refractivity contribution is 6.31. The standard InChI is InChI=1S/C16H9ClN2O3/c17-9-2-4-12-13(6-9)19-15(18-12)11-5-8-1-3-10(20)7-14(8)22-16(11)21/h1-7,20H,(H,18,19). The second-order valence-corrected chi connectivity index (χ2v) is 5.35. The topological polar surface area (TPSA) is 79.1 Å². The highest BCUT2D eigenvalue weighted by Crippen LogP contribution is 2.25. The summed E-state index contributed by atoms with van der Waals surface area (Å²) < 4.78 is 5.25. The van der Waals surface area contributed by atoms with Crippen LogP contribution < -0.4 is 5.63 Å². The van der Waals surface area contributed by atoms with Crippen LogP contribution in [0.3, 0.4) is 0 Å². The average Bonchev–Trinajstić information content (AvgIpc) is 2.89. The number of halogens is 1. The Morgan fingerprint density at radius 2 is 2.00 bits per heavy atom. The van der Waals surface area contributed by atoms with Gasteiger partial charge in [-0.3, -0.25) is 0 Å². The molecule has 4 aromatic rings. The number of rotatable bonds is 1. The summed E-state index contributed by atoms with van der Waals surface area (Å²) in [6, 6.07) is 11.5. The number of aromatic nitrogens is 2. The third-order valence-corrected chi connectivity index (χ3v) is 3.65. The lowest BCUT2D eigenvalue weighted by molar-refractivity contribution is 0.473. The molecule has 0 unspecified atom stereocenters. The molecule has 5 nitrogen and oxygen atoms in total. The smallest absolute Gasteiger partial charge is 0.347 e. The number of fused-ring (bicyclic) bond motifs is 2. The Labute approximate surface area is 128 Å². The van der Waals surface area contributed by atoms with Gasteiger partial charge in [0, 0.05) is 16.5 Å². The third kappa shape index (κ3) is 2.03. The monoisotopic (exact) mass is 312 g/mol. The first kappa shape index (κ1) is 12.9. The zero-order valence-corrected chi connectivity index (χ0v) is 11.9. The Balaban J connectivity index is 1.97. The molecule has 0 bridgehead atoms. The fourth-order valence-electron chi connectivity index (χ4n) is 2.37. The molecule has 2 aromatic carbocycles. The molecule has 6 heteroatoms. The van der Waals surface area contributed by atoms with Crippen molar-refractivity contribution in [3.05, 3.63) is 57.9 Å². The van der Waals surface area contributed by atoms with Crippen LogP contribution in [0.5, 0.6) is 5.75 Å². The first-order chi connectivity index (χ1) is 10.6. The number of H-pyrrole nitrogens is 1. The van der Waals surface area contributed by atoms with Crippen LogP contribution in [0, 0.1) is 0 Å². The largest absolute Gasteiger partial charge is 0.508 e. The molecule has 0 atom stereocenters. The van der Waals surface area contributed by atoms with Crippen molar-refractivity contribution in [2.45, 2.75) is 0 Å². The first-order valence-electron chi connectivity index (χ1n) is 6.53. The molecule has 0 radical (unpaired) electrons. The number of aromatic hydroxyl groups is 1. The number of phenols is 1. The molecule has 2 aromatic heterocycles. The van der Waals surface area contributed by atoms with Crippen molar-refractivity contribution in [3.8, 4) is 17.1 Å². The molecule has 0 fully saturated rings. The van der Waals surface area contributed by atoms with Gasteiger partial charge in [-0.1, -0.05) is 11.6 Å². The van der Waals surface area contributed by atoms with Gasteiger partial charge in [-0.25, -0.2) is 9.78 Å². The minimum Gasteiger partial charge on any atom is -0.508 e. The van der Waals surface area contributed by atoms with Crippen molar-refractivity contribution in [2.24, 2.45) is 0 Å². The summed E-state index contributed by atoms with van der Waals surface area (Å²) in [5.74, 6) is 0.461. The Bertz CT molecular complexity index is 1080. The van der Waals surface area contributed by atoms with E-state index in [1.807, 2.05) is 0 Å². The maximum atomic E-state index is 12.2. The number of hydrogen-bond donors (Lipinski definition) is 2. The van der Waals surface area contributed by atoms with Gasteiger partial charge in [-0.15, -0.1) is 0 Å². The lowest BCUT2D eigenvalue weighted by Gasteiger charge is -2.00. The van der Waals surface area contributed by atoms with E-state index in [9.17, 15) is 9.90 Å². The van der Waals surface area contributed by atoms with Crippen LogP contribution in [0.15, 0.2) is 51.7 Å². The van der Waals surface area contributed by atoms with Crippen LogP contribution in [-0.2, 0) is 0 Å². The van der Waals surface area contributed by atoms with Gasteiger partial charge in [-0.2, -0.15) is 0 Å². The molecule has 4 rings (SSSR count).